The van der Waals surface area contributed by atoms with Gasteiger partial charge in [0.15, 0.2) is 17.2 Å². The summed E-state index contributed by atoms with van der Waals surface area (Å²) < 4.78 is 6.16. The second-order valence-electron chi connectivity index (χ2n) is 11.3. The summed E-state index contributed by atoms with van der Waals surface area (Å²) in [5.74, 6) is 1.66. The molecule has 4 aliphatic rings. The summed E-state index contributed by atoms with van der Waals surface area (Å²) in [7, 11) is 0. The quantitative estimate of drug-likeness (QED) is 0.371. The fourth-order valence-electron chi connectivity index (χ4n) is 8.14. The number of allylic oxidation sites excluding steroid dienone is 1. The Balaban J connectivity index is 0.00000289. The van der Waals surface area contributed by atoms with Crippen molar-refractivity contribution < 1.29 is 20.5 Å². The lowest BCUT2D eigenvalue weighted by Gasteiger charge is -2.59. The number of carbonyl (C=O) groups is 3. The molecule has 0 aliphatic heterocycles. The molecule has 3 saturated carbocycles. The highest BCUT2D eigenvalue weighted by molar-refractivity contribution is 5.91. The van der Waals surface area contributed by atoms with Gasteiger partial charge in [-0.2, -0.15) is 0 Å². The van der Waals surface area contributed by atoms with Gasteiger partial charge in [0.2, 0.25) is 0 Å². The molecule has 6 atom stereocenters. The van der Waals surface area contributed by atoms with Crippen LogP contribution in [0, 0.1) is 28.6 Å². The average molecular weight is 431 g/mol. The average Bonchev–Trinajstić information content (AvgIpc) is 3.02. The van der Waals surface area contributed by atoms with Crippen molar-refractivity contribution in [2.24, 2.45) is 28.6 Å². The molecule has 4 heteroatoms. The lowest BCUT2D eigenvalue weighted by atomic mass is 9.46. The Morgan fingerprint density at radius 2 is 1.81 bits per heavy atom. The molecule has 3 fully saturated rings. The first-order valence-electron chi connectivity index (χ1n) is 12.6. The van der Waals surface area contributed by atoms with Crippen LogP contribution in [0.15, 0.2) is 11.6 Å². The van der Waals surface area contributed by atoms with Crippen LogP contribution in [-0.4, -0.2) is 23.1 Å². The zero-order chi connectivity index (χ0) is 22.4. The van der Waals surface area contributed by atoms with E-state index in [1.54, 1.807) is 6.92 Å². The molecule has 0 amide bonds. The van der Waals surface area contributed by atoms with E-state index in [4.69, 9.17) is 4.74 Å². The highest BCUT2D eigenvalue weighted by Gasteiger charge is 2.67. The van der Waals surface area contributed by atoms with Crippen LogP contribution in [0.1, 0.15) is 106 Å². The van der Waals surface area contributed by atoms with Crippen LogP contribution >= 0.6 is 0 Å². The number of ether oxygens (including phenoxy) is 1. The minimum atomic E-state index is -0.953. The maximum absolute atomic E-state index is 13.1. The molecule has 1 unspecified atom stereocenters. The third-order valence-electron chi connectivity index (χ3n) is 9.92. The number of hydrogen-bond acceptors (Lipinski definition) is 4. The van der Waals surface area contributed by atoms with Gasteiger partial charge in [-0.05, 0) is 87.5 Å². The van der Waals surface area contributed by atoms with Gasteiger partial charge >= 0.3 is 5.97 Å². The normalized spacial score (nSPS) is 41.6. The number of Topliss-reactive ketones (excluding diaryl/α,β-unsaturated/α-hetero) is 1. The Morgan fingerprint density at radius 1 is 1.06 bits per heavy atom. The summed E-state index contributed by atoms with van der Waals surface area (Å²) in [4.78, 5) is 37.8. The lowest BCUT2D eigenvalue weighted by Crippen LogP contribution is -2.58. The summed E-state index contributed by atoms with van der Waals surface area (Å²) in [5, 5.41) is 0. The molecule has 4 rings (SSSR count). The molecule has 0 saturated heterocycles. The van der Waals surface area contributed by atoms with E-state index in [0.29, 0.717) is 37.0 Å². The summed E-state index contributed by atoms with van der Waals surface area (Å²) in [6.07, 6.45) is 12.6. The summed E-state index contributed by atoms with van der Waals surface area (Å²) in [6.45, 7) is 8.37. The standard InChI is InChI=1S/C27H40O4.H2/c1-5-6-7-8-24(30)31-27(18(2)28)16-13-23-21-10-9-19-17-20(29)11-14-25(19,3)22(21)12-15-26(23,27)4;/h17,21-23H,5-16H2,1-4H3;1H/t21?,22-,23-,25-,26-,27-;/m1./s1. The molecule has 0 N–H and O–H groups in total. The lowest BCUT2D eigenvalue weighted by molar-refractivity contribution is -0.189. The van der Waals surface area contributed by atoms with Crippen LogP contribution in [0.2, 0.25) is 0 Å². The fourth-order valence-corrected chi connectivity index (χ4v) is 8.14. The molecular weight excluding hydrogens is 388 g/mol. The van der Waals surface area contributed by atoms with Gasteiger partial charge in [-0.25, -0.2) is 0 Å². The predicted octanol–water partition coefficient (Wildman–Crippen LogP) is 6.22. The van der Waals surface area contributed by atoms with Crippen molar-refractivity contribution in [1.29, 1.82) is 0 Å². The smallest absolute Gasteiger partial charge is 0.306 e. The highest BCUT2D eigenvalue weighted by atomic mass is 16.6. The molecule has 0 aromatic heterocycles. The van der Waals surface area contributed by atoms with Crippen molar-refractivity contribution in [2.75, 3.05) is 0 Å². The Labute approximate surface area is 189 Å². The van der Waals surface area contributed by atoms with E-state index in [2.05, 4.69) is 20.8 Å². The number of fused-ring (bicyclic) bond motifs is 5. The van der Waals surface area contributed by atoms with Gasteiger partial charge in [-0.1, -0.05) is 39.2 Å². The summed E-state index contributed by atoms with van der Waals surface area (Å²) >= 11 is 0. The van der Waals surface area contributed by atoms with Gasteiger partial charge < -0.3 is 4.74 Å². The van der Waals surface area contributed by atoms with E-state index in [-0.39, 0.29) is 29.8 Å². The highest BCUT2D eigenvalue weighted by Crippen LogP contribution is 2.68. The Morgan fingerprint density at radius 3 is 2.52 bits per heavy atom. The van der Waals surface area contributed by atoms with Gasteiger partial charge in [0.25, 0.3) is 0 Å². The molecular formula is C27H42O4. The maximum atomic E-state index is 13.1. The van der Waals surface area contributed by atoms with Crippen LogP contribution in [0.3, 0.4) is 0 Å². The van der Waals surface area contributed by atoms with Gasteiger partial charge in [-0.15, -0.1) is 0 Å². The minimum Gasteiger partial charge on any atom is -0.450 e. The molecule has 0 spiro atoms. The minimum absolute atomic E-state index is 0. The van der Waals surface area contributed by atoms with E-state index in [9.17, 15) is 14.4 Å². The van der Waals surface area contributed by atoms with Crippen LogP contribution in [0.4, 0.5) is 0 Å². The first-order chi connectivity index (χ1) is 14.7. The molecule has 31 heavy (non-hydrogen) atoms. The number of unbranched alkanes of at least 4 members (excludes halogenated alkanes) is 2. The first kappa shape index (κ1) is 22.7. The van der Waals surface area contributed by atoms with E-state index in [1.807, 2.05) is 6.08 Å². The van der Waals surface area contributed by atoms with Crippen molar-refractivity contribution in [1.82, 2.24) is 0 Å². The van der Waals surface area contributed by atoms with E-state index < -0.39 is 5.60 Å². The molecule has 0 radical (unpaired) electrons. The number of carbonyl (C=O) groups excluding carboxylic acids is 3. The van der Waals surface area contributed by atoms with E-state index in [1.165, 1.54) is 5.57 Å². The number of hydrogen-bond donors (Lipinski definition) is 0. The molecule has 174 valence electrons. The molecule has 0 aromatic carbocycles. The summed E-state index contributed by atoms with van der Waals surface area (Å²) in [6, 6.07) is 0. The van der Waals surface area contributed by atoms with Crippen molar-refractivity contribution in [2.45, 2.75) is 110 Å². The molecule has 4 aliphatic carbocycles. The Bertz CT molecular complexity index is 803. The van der Waals surface area contributed by atoms with Crippen LogP contribution in [0.25, 0.3) is 0 Å². The fraction of sp³-hybridized carbons (Fsp3) is 0.815. The van der Waals surface area contributed by atoms with Crippen LogP contribution in [0.5, 0.6) is 0 Å². The van der Waals surface area contributed by atoms with Crippen molar-refractivity contribution >= 4 is 17.5 Å². The topological polar surface area (TPSA) is 60.4 Å². The molecule has 4 nitrogen and oxygen atoms in total. The van der Waals surface area contributed by atoms with E-state index in [0.717, 1.165) is 57.8 Å². The van der Waals surface area contributed by atoms with Crippen molar-refractivity contribution in [3.05, 3.63) is 11.6 Å². The number of esters is 1. The van der Waals surface area contributed by atoms with Crippen molar-refractivity contribution in [3.8, 4) is 0 Å². The third kappa shape index (κ3) is 3.43. The Kier molecular flexibility index (Phi) is 5.98. The maximum Gasteiger partial charge on any atom is 0.306 e. The van der Waals surface area contributed by atoms with Gasteiger partial charge in [0.1, 0.15) is 0 Å². The second kappa shape index (κ2) is 8.15. The monoisotopic (exact) mass is 430 g/mol. The third-order valence-corrected chi connectivity index (χ3v) is 9.92. The van der Waals surface area contributed by atoms with Gasteiger partial charge in [0.05, 0.1) is 0 Å². The Hall–Kier alpha value is -1.45. The molecule has 0 heterocycles. The SMILES string of the molecule is CCCCCC(=O)O[C@@]1(C(C)=O)CC[C@@H]2C3CCC4=CC(=O)CC[C@@]4(C)[C@@H]3CC[C@]21C.[HH]. The van der Waals surface area contributed by atoms with Crippen LogP contribution < -0.4 is 0 Å². The summed E-state index contributed by atoms with van der Waals surface area (Å²) in [5.41, 5.74) is 0.261. The van der Waals surface area contributed by atoms with Gasteiger partial charge in [-0.3, -0.25) is 14.4 Å². The predicted molar refractivity (Wildman–Crippen MR) is 122 cm³/mol. The number of ketones is 2. The largest absolute Gasteiger partial charge is 0.450 e. The molecule has 0 aromatic rings. The molecule has 0 bridgehead atoms. The van der Waals surface area contributed by atoms with Gasteiger partial charge in [0, 0.05) is 19.7 Å². The van der Waals surface area contributed by atoms with Crippen LogP contribution in [-0.2, 0) is 19.1 Å². The van der Waals surface area contributed by atoms with Crippen molar-refractivity contribution in [3.63, 3.8) is 0 Å². The van der Waals surface area contributed by atoms with E-state index >= 15 is 0 Å². The first-order valence-corrected chi connectivity index (χ1v) is 12.6. The zero-order valence-electron chi connectivity index (χ0n) is 19.9. The zero-order valence-corrected chi connectivity index (χ0v) is 19.9. The number of rotatable bonds is 6. The second-order valence-corrected chi connectivity index (χ2v) is 11.3.